The molecule has 0 bridgehead atoms. The van der Waals surface area contributed by atoms with E-state index in [9.17, 15) is 0 Å². The number of furan rings is 1. The van der Waals surface area contributed by atoms with Crippen molar-refractivity contribution in [1.82, 2.24) is 19.9 Å². The smallest absolute Gasteiger partial charge is 0.164 e. The molecule has 9 rings (SSSR count). The Morgan fingerprint density at radius 3 is 1.33 bits per heavy atom. The molecule has 230 valence electrons. The molecule has 3 aromatic heterocycles. The Labute approximate surface area is 283 Å². The predicted molar refractivity (Wildman–Crippen MR) is 198 cm³/mol. The predicted octanol–water partition coefficient (Wildman–Crippen LogP) is 11.2. The number of para-hydroxylation sites is 1. The van der Waals surface area contributed by atoms with Gasteiger partial charge < -0.3 is 4.42 Å². The van der Waals surface area contributed by atoms with E-state index < -0.39 is 0 Å². The summed E-state index contributed by atoms with van der Waals surface area (Å²) in [5, 5.41) is 1.96. The molecule has 5 heteroatoms. The number of hydrogen-bond donors (Lipinski definition) is 0. The molecule has 0 aliphatic heterocycles. The first-order chi connectivity index (χ1) is 24.3. The van der Waals surface area contributed by atoms with E-state index >= 15 is 0 Å². The highest BCUT2D eigenvalue weighted by atomic mass is 16.3. The van der Waals surface area contributed by atoms with Crippen molar-refractivity contribution in [1.29, 1.82) is 0 Å². The Kier molecular flexibility index (Phi) is 7.06. The molecule has 6 aromatic carbocycles. The van der Waals surface area contributed by atoms with Crippen molar-refractivity contribution in [2.75, 3.05) is 0 Å². The summed E-state index contributed by atoms with van der Waals surface area (Å²) in [4.78, 5) is 20.0. The fourth-order valence-corrected chi connectivity index (χ4v) is 6.38. The molecule has 0 amide bonds. The lowest BCUT2D eigenvalue weighted by atomic mass is 9.94. The minimum Gasteiger partial charge on any atom is -0.455 e. The zero-order valence-electron chi connectivity index (χ0n) is 26.4. The van der Waals surface area contributed by atoms with Gasteiger partial charge in [0, 0.05) is 38.8 Å². The van der Waals surface area contributed by atoms with Crippen LogP contribution in [0.1, 0.15) is 0 Å². The van der Waals surface area contributed by atoms with E-state index in [0.717, 1.165) is 72.3 Å². The van der Waals surface area contributed by atoms with Crippen molar-refractivity contribution < 1.29 is 4.42 Å². The molecule has 49 heavy (non-hydrogen) atoms. The summed E-state index contributed by atoms with van der Waals surface area (Å²) in [5.74, 6) is 2.67. The van der Waals surface area contributed by atoms with Gasteiger partial charge in [-0.1, -0.05) is 158 Å². The Morgan fingerprint density at radius 1 is 0.347 bits per heavy atom. The largest absolute Gasteiger partial charge is 0.455 e. The lowest BCUT2D eigenvalue weighted by Gasteiger charge is -2.10. The molecule has 0 fully saturated rings. The average Bonchev–Trinajstić information content (AvgIpc) is 3.60. The van der Waals surface area contributed by atoms with Gasteiger partial charge in [-0.3, -0.25) is 0 Å². The maximum atomic E-state index is 6.89. The van der Waals surface area contributed by atoms with Crippen molar-refractivity contribution in [2.24, 2.45) is 0 Å². The Morgan fingerprint density at radius 2 is 0.776 bits per heavy atom. The molecule has 0 saturated carbocycles. The van der Waals surface area contributed by atoms with E-state index in [2.05, 4.69) is 54.6 Å². The minimum absolute atomic E-state index is 0.609. The first-order valence-corrected chi connectivity index (χ1v) is 16.2. The second-order valence-electron chi connectivity index (χ2n) is 11.8. The van der Waals surface area contributed by atoms with Crippen molar-refractivity contribution >= 4 is 21.9 Å². The number of benzene rings is 6. The maximum absolute atomic E-state index is 6.89. The summed E-state index contributed by atoms with van der Waals surface area (Å²) in [7, 11) is 0. The minimum atomic E-state index is 0.609. The van der Waals surface area contributed by atoms with Gasteiger partial charge in [0.2, 0.25) is 0 Å². The third kappa shape index (κ3) is 5.24. The summed E-state index contributed by atoms with van der Waals surface area (Å²) >= 11 is 0. The summed E-state index contributed by atoms with van der Waals surface area (Å²) in [6.45, 7) is 0. The van der Waals surface area contributed by atoms with Gasteiger partial charge in [-0.05, 0) is 17.7 Å². The third-order valence-corrected chi connectivity index (χ3v) is 8.74. The first-order valence-electron chi connectivity index (χ1n) is 16.2. The van der Waals surface area contributed by atoms with Crippen LogP contribution in [0.3, 0.4) is 0 Å². The molecule has 0 radical (unpaired) electrons. The molecule has 0 atom stereocenters. The van der Waals surface area contributed by atoms with Gasteiger partial charge in [0.25, 0.3) is 0 Å². The van der Waals surface area contributed by atoms with Gasteiger partial charge >= 0.3 is 0 Å². The quantitative estimate of drug-likeness (QED) is 0.183. The van der Waals surface area contributed by atoms with Gasteiger partial charge in [-0.25, -0.2) is 19.9 Å². The number of fused-ring (bicyclic) bond motifs is 3. The van der Waals surface area contributed by atoms with Crippen LogP contribution in [0.15, 0.2) is 174 Å². The molecule has 0 spiro atoms. The van der Waals surface area contributed by atoms with Gasteiger partial charge in [-0.2, -0.15) is 0 Å². The molecular formula is C44H28N4O. The fourth-order valence-electron chi connectivity index (χ4n) is 6.38. The summed E-state index contributed by atoms with van der Waals surface area (Å²) < 4.78 is 6.89. The number of aromatic nitrogens is 4. The summed E-state index contributed by atoms with van der Waals surface area (Å²) in [5.41, 5.74) is 9.39. The van der Waals surface area contributed by atoms with Crippen LogP contribution in [0.5, 0.6) is 0 Å². The number of pyridine rings is 1. The molecule has 5 nitrogen and oxygen atoms in total. The van der Waals surface area contributed by atoms with Crippen LogP contribution in [0.25, 0.3) is 89.7 Å². The number of nitrogens with zero attached hydrogens (tertiary/aromatic N) is 4. The fraction of sp³-hybridized carbons (Fsp3) is 0. The van der Waals surface area contributed by atoms with Gasteiger partial charge in [0.15, 0.2) is 17.5 Å². The standard InChI is InChI=1S/C44H28N4O/c1-5-15-30(16-6-1)39-38-37(40(31-17-7-2-8-18-31)49-41(38)35-23-13-14-24-36(35)45-39)29-25-27-34(28-26-29)44-47-42(32-19-9-3-10-20-32)46-43(48-44)33-21-11-4-12-22-33/h1-28H. The zero-order chi connectivity index (χ0) is 32.6. The van der Waals surface area contributed by atoms with Crippen LogP contribution in [0.4, 0.5) is 0 Å². The number of hydrogen-bond acceptors (Lipinski definition) is 5. The summed E-state index contributed by atoms with van der Waals surface area (Å²) in [6, 6.07) is 57.3. The maximum Gasteiger partial charge on any atom is 0.164 e. The number of rotatable bonds is 6. The Bertz CT molecular complexity index is 2510. The molecule has 0 N–H and O–H groups in total. The van der Waals surface area contributed by atoms with E-state index in [1.54, 1.807) is 0 Å². The lowest BCUT2D eigenvalue weighted by Crippen LogP contribution is -2.00. The molecule has 0 unspecified atom stereocenters. The second kappa shape index (κ2) is 12.1. The average molecular weight is 629 g/mol. The zero-order valence-corrected chi connectivity index (χ0v) is 26.4. The SMILES string of the molecule is c1ccc(-c2nc(-c3ccccc3)nc(-c3ccc(-c4c(-c5ccccc5)oc5c4c(-c4ccccc4)nc4ccccc45)cc3)n2)cc1. The highest BCUT2D eigenvalue weighted by Gasteiger charge is 2.24. The normalized spacial score (nSPS) is 11.3. The molecule has 0 saturated heterocycles. The van der Waals surface area contributed by atoms with Crippen molar-refractivity contribution in [3.05, 3.63) is 170 Å². The van der Waals surface area contributed by atoms with Crippen molar-refractivity contribution in [3.8, 4) is 67.9 Å². The van der Waals surface area contributed by atoms with Crippen LogP contribution in [-0.2, 0) is 0 Å². The highest BCUT2D eigenvalue weighted by molar-refractivity contribution is 6.16. The molecule has 0 aliphatic carbocycles. The first kappa shape index (κ1) is 28.5. The van der Waals surface area contributed by atoms with Crippen LogP contribution < -0.4 is 0 Å². The van der Waals surface area contributed by atoms with E-state index in [-0.39, 0.29) is 0 Å². The molecule has 3 heterocycles. The van der Waals surface area contributed by atoms with Gasteiger partial charge in [0.05, 0.1) is 16.6 Å². The molecule has 9 aromatic rings. The van der Waals surface area contributed by atoms with E-state index in [4.69, 9.17) is 24.4 Å². The molecular weight excluding hydrogens is 601 g/mol. The van der Waals surface area contributed by atoms with Gasteiger partial charge in [-0.15, -0.1) is 0 Å². The monoisotopic (exact) mass is 628 g/mol. The third-order valence-electron chi connectivity index (χ3n) is 8.74. The lowest BCUT2D eigenvalue weighted by molar-refractivity contribution is 0.636. The second-order valence-corrected chi connectivity index (χ2v) is 11.8. The van der Waals surface area contributed by atoms with Crippen molar-refractivity contribution in [2.45, 2.75) is 0 Å². The van der Waals surface area contributed by atoms with Gasteiger partial charge in [0.1, 0.15) is 11.3 Å². The Hall–Kier alpha value is -6.72. The summed E-state index contributed by atoms with van der Waals surface area (Å²) in [6.07, 6.45) is 0. The molecule has 0 aliphatic rings. The van der Waals surface area contributed by atoms with E-state index in [1.165, 1.54) is 0 Å². The van der Waals surface area contributed by atoms with Crippen LogP contribution in [0, 0.1) is 0 Å². The van der Waals surface area contributed by atoms with Crippen molar-refractivity contribution in [3.63, 3.8) is 0 Å². The van der Waals surface area contributed by atoms with Crippen LogP contribution >= 0.6 is 0 Å². The van der Waals surface area contributed by atoms with E-state index in [0.29, 0.717) is 17.5 Å². The van der Waals surface area contributed by atoms with E-state index in [1.807, 2.05) is 115 Å². The highest BCUT2D eigenvalue weighted by Crippen LogP contribution is 2.46. The van der Waals surface area contributed by atoms with Crippen LogP contribution in [0.2, 0.25) is 0 Å². The van der Waals surface area contributed by atoms with Crippen LogP contribution in [-0.4, -0.2) is 19.9 Å². The topological polar surface area (TPSA) is 64.7 Å². The Balaban J connectivity index is 1.26.